The van der Waals surface area contributed by atoms with Crippen molar-refractivity contribution >= 4 is 32.8 Å². The number of aryl methyl sites for hydroxylation is 1. The lowest BCUT2D eigenvalue weighted by atomic mass is 10.1. The van der Waals surface area contributed by atoms with E-state index in [0.717, 1.165) is 20.9 Å². The third-order valence-corrected chi connectivity index (χ3v) is 3.22. The molecule has 0 saturated heterocycles. The molecule has 0 amide bonds. The molecule has 1 heterocycles. The first-order valence-corrected chi connectivity index (χ1v) is 5.28. The molecule has 0 atom stereocenters. The predicted octanol–water partition coefficient (Wildman–Crippen LogP) is 3.03. The highest BCUT2D eigenvalue weighted by Gasteiger charge is 2.12. The average molecular weight is 268 g/mol. The molecular formula is C11H10BrNO2. The van der Waals surface area contributed by atoms with Gasteiger partial charge in [0.25, 0.3) is 0 Å². The molecule has 3 nitrogen and oxygen atoms in total. The zero-order valence-corrected chi connectivity index (χ0v) is 10.0. The van der Waals surface area contributed by atoms with Crippen LogP contribution in [0.4, 0.5) is 0 Å². The van der Waals surface area contributed by atoms with Crippen molar-refractivity contribution in [1.29, 1.82) is 0 Å². The molecule has 0 saturated carbocycles. The van der Waals surface area contributed by atoms with Crippen molar-refractivity contribution in [3.8, 4) is 0 Å². The summed E-state index contributed by atoms with van der Waals surface area (Å²) >= 11 is 3.44. The van der Waals surface area contributed by atoms with Crippen LogP contribution in [0.25, 0.3) is 10.9 Å². The van der Waals surface area contributed by atoms with Gasteiger partial charge in [-0.05, 0) is 24.6 Å². The van der Waals surface area contributed by atoms with Crippen LogP contribution >= 0.6 is 15.9 Å². The van der Waals surface area contributed by atoms with E-state index < -0.39 is 0 Å². The van der Waals surface area contributed by atoms with E-state index in [9.17, 15) is 4.79 Å². The molecule has 15 heavy (non-hydrogen) atoms. The largest absolute Gasteiger partial charge is 0.465 e. The molecule has 2 rings (SSSR count). The first-order chi connectivity index (χ1) is 7.13. The minimum absolute atomic E-state index is 0.322. The summed E-state index contributed by atoms with van der Waals surface area (Å²) in [6, 6.07) is 3.92. The maximum atomic E-state index is 11.4. The summed E-state index contributed by atoms with van der Waals surface area (Å²) in [5, 5.41) is 0.874. The van der Waals surface area contributed by atoms with E-state index in [1.807, 2.05) is 19.1 Å². The van der Waals surface area contributed by atoms with Gasteiger partial charge in [0, 0.05) is 21.6 Å². The van der Waals surface area contributed by atoms with Gasteiger partial charge in [-0.2, -0.15) is 0 Å². The van der Waals surface area contributed by atoms with Crippen LogP contribution in [0.2, 0.25) is 0 Å². The van der Waals surface area contributed by atoms with Crippen molar-refractivity contribution in [3.05, 3.63) is 33.9 Å². The number of aromatic amines is 1. The zero-order valence-electron chi connectivity index (χ0n) is 8.43. The van der Waals surface area contributed by atoms with Gasteiger partial charge in [0.2, 0.25) is 0 Å². The van der Waals surface area contributed by atoms with Crippen LogP contribution in [-0.4, -0.2) is 18.1 Å². The fourth-order valence-corrected chi connectivity index (χ4v) is 1.87. The highest BCUT2D eigenvalue weighted by molar-refractivity contribution is 9.10. The van der Waals surface area contributed by atoms with Crippen LogP contribution in [0.15, 0.2) is 22.8 Å². The van der Waals surface area contributed by atoms with Gasteiger partial charge in [-0.25, -0.2) is 4.79 Å². The summed E-state index contributed by atoms with van der Waals surface area (Å²) in [5.41, 5.74) is 2.63. The van der Waals surface area contributed by atoms with Crippen LogP contribution in [0.3, 0.4) is 0 Å². The number of hydrogen-bond donors (Lipinski definition) is 1. The highest BCUT2D eigenvalue weighted by atomic mass is 79.9. The maximum absolute atomic E-state index is 11.4. The number of halogens is 1. The Balaban J connectivity index is 2.69. The Bertz CT molecular complexity index is 531. The summed E-state index contributed by atoms with van der Waals surface area (Å²) in [4.78, 5) is 14.5. The monoisotopic (exact) mass is 267 g/mol. The number of carbonyl (C=O) groups is 1. The molecular weight excluding hydrogens is 258 g/mol. The van der Waals surface area contributed by atoms with E-state index in [4.69, 9.17) is 4.74 Å². The van der Waals surface area contributed by atoms with Gasteiger partial charge in [-0.1, -0.05) is 15.9 Å². The van der Waals surface area contributed by atoms with Crippen molar-refractivity contribution in [2.24, 2.45) is 0 Å². The fraction of sp³-hybridized carbons (Fsp3) is 0.182. The summed E-state index contributed by atoms with van der Waals surface area (Å²) in [5.74, 6) is -0.322. The number of carbonyl (C=O) groups excluding carboxylic acids is 1. The Morgan fingerprint density at radius 1 is 1.47 bits per heavy atom. The van der Waals surface area contributed by atoms with Crippen molar-refractivity contribution in [2.75, 3.05) is 7.11 Å². The molecule has 78 valence electrons. The fourth-order valence-electron chi connectivity index (χ4n) is 1.53. The number of benzene rings is 1. The summed E-state index contributed by atoms with van der Waals surface area (Å²) in [7, 11) is 1.38. The number of nitrogens with one attached hydrogen (secondary N) is 1. The Labute approximate surface area is 95.6 Å². The third kappa shape index (κ3) is 1.65. The number of esters is 1. The molecule has 0 aliphatic heterocycles. The lowest BCUT2D eigenvalue weighted by Gasteiger charge is -2.00. The van der Waals surface area contributed by atoms with E-state index in [1.54, 1.807) is 6.20 Å². The van der Waals surface area contributed by atoms with E-state index in [0.29, 0.717) is 5.56 Å². The summed E-state index contributed by atoms with van der Waals surface area (Å²) < 4.78 is 5.68. The number of hydrogen-bond acceptors (Lipinski definition) is 2. The number of rotatable bonds is 1. The van der Waals surface area contributed by atoms with E-state index in [2.05, 4.69) is 20.9 Å². The Morgan fingerprint density at radius 3 is 2.87 bits per heavy atom. The molecule has 1 N–H and O–H groups in total. The summed E-state index contributed by atoms with van der Waals surface area (Å²) in [6.45, 7) is 2.00. The summed E-state index contributed by atoms with van der Waals surface area (Å²) in [6.07, 6.45) is 1.67. The molecule has 1 aromatic heterocycles. The predicted molar refractivity (Wildman–Crippen MR) is 62.1 cm³/mol. The van der Waals surface area contributed by atoms with Gasteiger partial charge in [-0.3, -0.25) is 0 Å². The minimum Gasteiger partial charge on any atom is -0.465 e. The first kappa shape index (κ1) is 10.2. The first-order valence-electron chi connectivity index (χ1n) is 4.49. The molecule has 0 unspecified atom stereocenters. The molecule has 0 aliphatic rings. The molecule has 0 fully saturated rings. The van der Waals surface area contributed by atoms with Crippen LogP contribution in [-0.2, 0) is 4.74 Å². The smallest absolute Gasteiger partial charge is 0.340 e. The number of ether oxygens (including phenoxy) is 1. The number of methoxy groups -OCH3 is 1. The van der Waals surface area contributed by atoms with Crippen molar-refractivity contribution < 1.29 is 9.53 Å². The Hall–Kier alpha value is -1.29. The van der Waals surface area contributed by atoms with E-state index >= 15 is 0 Å². The second-order valence-corrected chi connectivity index (χ2v) is 4.20. The molecule has 0 radical (unpaired) electrons. The lowest BCUT2D eigenvalue weighted by molar-refractivity contribution is 0.0603. The zero-order chi connectivity index (χ0) is 11.0. The molecule has 0 bridgehead atoms. The highest BCUT2D eigenvalue weighted by Crippen LogP contribution is 2.26. The SMILES string of the molecule is COC(=O)c1c[nH]c2cc(C)c(Br)cc12. The average Bonchev–Trinajstić information content (AvgIpc) is 2.61. The van der Waals surface area contributed by atoms with Gasteiger partial charge < -0.3 is 9.72 Å². The van der Waals surface area contributed by atoms with Gasteiger partial charge in [0.15, 0.2) is 0 Å². The lowest BCUT2D eigenvalue weighted by Crippen LogP contribution is -1.99. The van der Waals surface area contributed by atoms with Crippen LogP contribution in [0.1, 0.15) is 15.9 Å². The molecule has 4 heteroatoms. The van der Waals surface area contributed by atoms with Crippen LogP contribution < -0.4 is 0 Å². The number of H-pyrrole nitrogens is 1. The second-order valence-electron chi connectivity index (χ2n) is 3.34. The van der Waals surface area contributed by atoms with Gasteiger partial charge in [0.1, 0.15) is 0 Å². The quantitative estimate of drug-likeness (QED) is 0.808. The minimum atomic E-state index is -0.322. The normalized spacial score (nSPS) is 10.6. The number of fused-ring (bicyclic) bond motifs is 1. The van der Waals surface area contributed by atoms with Gasteiger partial charge in [-0.15, -0.1) is 0 Å². The van der Waals surface area contributed by atoms with Crippen LogP contribution in [0, 0.1) is 6.92 Å². The van der Waals surface area contributed by atoms with Crippen LogP contribution in [0.5, 0.6) is 0 Å². The van der Waals surface area contributed by atoms with Gasteiger partial charge in [0.05, 0.1) is 12.7 Å². The molecule has 1 aromatic carbocycles. The molecule has 2 aromatic rings. The van der Waals surface area contributed by atoms with E-state index in [-0.39, 0.29) is 5.97 Å². The van der Waals surface area contributed by atoms with E-state index in [1.165, 1.54) is 7.11 Å². The topological polar surface area (TPSA) is 42.1 Å². The standard InChI is InChI=1S/C11H10BrNO2/c1-6-3-10-7(4-9(6)12)8(5-13-10)11(14)15-2/h3-5,13H,1-2H3. The third-order valence-electron chi connectivity index (χ3n) is 2.37. The van der Waals surface area contributed by atoms with Crippen molar-refractivity contribution in [1.82, 2.24) is 4.98 Å². The van der Waals surface area contributed by atoms with Crippen molar-refractivity contribution in [2.45, 2.75) is 6.92 Å². The Morgan fingerprint density at radius 2 is 2.20 bits per heavy atom. The number of aromatic nitrogens is 1. The molecule has 0 spiro atoms. The Kier molecular flexibility index (Phi) is 2.52. The van der Waals surface area contributed by atoms with Gasteiger partial charge >= 0.3 is 5.97 Å². The van der Waals surface area contributed by atoms with Crippen molar-refractivity contribution in [3.63, 3.8) is 0 Å². The maximum Gasteiger partial charge on any atom is 0.340 e. The second kappa shape index (κ2) is 3.70. The molecule has 0 aliphatic carbocycles.